The number of likely N-dealkylation sites (N-methyl/N-ethyl adjacent to an activating group) is 2. The van der Waals surface area contributed by atoms with Gasteiger partial charge in [0.25, 0.3) is 0 Å². The Morgan fingerprint density at radius 3 is 2.50 bits per heavy atom. The van der Waals surface area contributed by atoms with Gasteiger partial charge in [0.05, 0.1) is 5.70 Å². The molecule has 2 aliphatic rings. The maximum atomic E-state index is 6.51. The van der Waals surface area contributed by atoms with Crippen LogP contribution in [0.4, 0.5) is 0 Å². The topological polar surface area (TPSA) is 36.5 Å². The van der Waals surface area contributed by atoms with Gasteiger partial charge in [0.15, 0.2) is 12.0 Å². The zero-order chi connectivity index (χ0) is 21.1. The normalized spacial score (nSPS) is 20.6. The predicted octanol–water partition coefficient (Wildman–Crippen LogP) is 4.73. The Hall–Kier alpha value is -3.24. The van der Waals surface area contributed by atoms with Crippen molar-refractivity contribution >= 4 is 0 Å². The molecule has 4 heteroatoms. The van der Waals surface area contributed by atoms with Crippen LogP contribution in [0.2, 0.25) is 0 Å². The van der Waals surface area contributed by atoms with Gasteiger partial charge < -0.3 is 20.3 Å². The van der Waals surface area contributed by atoms with E-state index < -0.39 is 0 Å². The maximum Gasteiger partial charge on any atom is 0.197 e. The van der Waals surface area contributed by atoms with E-state index in [1.165, 1.54) is 5.56 Å². The van der Waals surface area contributed by atoms with Crippen molar-refractivity contribution in [3.8, 4) is 11.1 Å². The molecule has 2 unspecified atom stereocenters. The first-order chi connectivity index (χ1) is 14.6. The fraction of sp³-hybridized carbons (Fsp3) is 0.231. The van der Waals surface area contributed by atoms with Crippen LogP contribution in [0.5, 0.6) is 0 Å². The average Bonchev–Trinajstić information content (AvgIpc) is 3.24. The number of hydrogen-bond acceptors (Lipinski definition) is 4. The molecule has 0 aromatic heterocycles. The van der Waals surface area contributed by atoms with Crippen LogP contribution in [-0.4, -0.2) is 32.1 Å². The molecule has 0 amide bonds. The van der Waals surface area contributed by atoms with E-state index in [2.05, 4.69) is 103 Å². The monoisotopic (exact) mass is 399 g/mol. The number of nitrogens with one attached hydrogen (secondary N) is 2. The lowest BCUT2D eigenvalue weighted by Gasteiger charge is -2.23. The summed E-state index contributed by atoms with van der Waals surface area (Å²) in [6, 6.07) is 19.2. The van der Waals surface area contributed by atoms with E-state index in [4.69, 9.17) is 4.74 Å². The second-order valence-electron chi connectivity index (χ2n) is 7.81. The molecule has 0 radical (unpaired) electrons. The van der Waals surface area contributed by atoms with Gasteiger partial charge in [-0.2, -0.15) is 0 Å². The summed E-state index contributed by atoms with van der Waals surface area (Å²) >= 11 is 0. The SMILES string of the molecule is C=C(NC)C1=C(C2=CCC(N(C)C)C=C2)OC(c2ccccc2-c2ccccc2)N1. The zero-order valence-corrected chi connectivity index (χ0v) is 17.9. The van der Waals surface area contributed by atoms with Crippen molar-refractivity contribution in [1.82, 2.24) is 15.5 Å². The summed E-state index contributed by atoms with van der Waals surface area (Å²) < 4.78 is 6.51. The van der Waals surface area contributed by atoms with E-state index in [0.29, 0.717) is 6.04 Å². The Bertz CT molecular complexity index is 1020. The van der Waals surface area contributed by atoms with Crippen molar-refractivity contribution in [3.05, 3.63) is 108 Å². The van der Waals surface area contributed by atoms with E-state index in [1.807, 2.05) is 13.1 Å². The van der Waals surface area contributed by atoms with Crippen molar-refractivity contribution in [2.45, 2.75) is 18.7 Å². The summed E-state index contributed by atoms with van der Waals surface area (Å²) in [5.74, 6) is 0.843. The van der Waals surface area contributed by atoms with E-state index in [9.17, 15) is 0 Å². The van der Waals surface area contributed by atoms with Gasteiger partial charge in [0.1, 0.15) is 5.70 Å². The molecule has 154 valence electrons. The van der Waals surface area contributed by atoms with Crippen molar-refractivity contribution < 1.29 is 4.74 Å². The van der Waals surface area contributed by atoms with E-state index in [1.54, 1.807) is 0 Å². The fourth-order valence-electron chi connectivity index (χ4n) is 3.87. The van der Waals surface area contributed by atoms with Crippen LogP contribution < -0.4 is 10.6 Å². The average molecular weight is 400 g/mol. The molecule has 0 saturated heterocycles. The largest absolute Gasteiger partial charge is 0.464 e. The molecular formula is C26H29N3O. The van der Waals surface area contributed by atoms with Gasteiger partial charge in [-0.1, -0.05) is 79.4 Å². The summed E-state index contributed by atoms with van der Waals surface area (Å²) in [5, 5.41) is 6.73. The molecule has 0 spiro atoms. The van der Waals surface area contributed by atoms with Crippen molar-refractivity contribution in [3.63, 3.8) is 0 Å². The molecule has 2 N–H and O–H groups in total. The van der Waals surface area contributed by atoms with Gasteiger partial charge in [-0.3, -0.25) is 0 Å². The molecule has 2 aromatic rings. The second-order valence-corrected chi connectivity index (χ2v) is 7.81. The summed E-state index contributed by atoms with van der Waals surface area (Å²) in [6.45, 7) is 4.18. The molecule has 4 rings (SSSR count). The minimum atomic E-state index is -0.280. The van der Waals surface area contributed by atoms with Gasteiger partial charge in [-0.05, 0) is 31.6 Å². The summed E-state index contributed by atoms with van der Waals surface area (Å²) in [4.78, 5) is 2.22. The molecule has 1 aliphatic heterocycles. The van der Waals surface area contributed by atoms with Crippen molar-refractivity contribution in [2.75, 3.05) is 21.1 Å². The van der Waals surface area contributed by atoms with Gasteiger partial charge in [0.2, 0.25) is 0 Å². The Morgan fingerprint density at radius 1 is 1.10 bits per heavy atom. The minimum Gasteiger partial charge on any atom is -0.464 e. The number of ether oxygens (including phenoxy) is 1. The van der Waals surface area contributed by atoms with Crippen LogP contribution in [-0.2, 0) is 4.74 Å². The molecule has 0 fully saturated rings. The molecule has 1 heterocycles. The van der Waals surface area contributed by atoms with Gasteiger partial charge >= 0.3 is 0 Å². The van der Waals surface area contributed by atoms with E-state index in [0.717, 1.165) is 40.3 Å². The smallest absolute Gasteiger partial charge is 0.197 e. The highest BCUT2D eigenvalue weighted by molar-refractivity contribution is 5.68. The number of nitrogens with zero attached hydrogens (tertiary/aromatic N) is 1. The third kappa shape index (κ3) is 3.91. The third-order valence-corrected chi connectivity index (χ3v) is 5.67. The van der Waals surface area contributed by atoms with Crippen LogP contribution in [0.3, 0.4) is 0 Å². The molecule has 2 atom stereocenters. The first-order valence-corrected chi connectivity index (χ1v) is 10.3. The molecule has 30 heavy (non-hydrogen) atoms. The maximum absolute atomic E-state index is 6.51. The number of rotatable bonds is 6. The molecule has 0 saturated carbocycles. The Labute approximate surface area is 179 Å². The van der Waals surface area contributed by atoms with Gasteiger partial charge in [-0.25, -0.2) is 0 Å². The summed E-state index contributed by atoms with van der Waals surface area (Å²) in [5.41, 5.74) is 6.25. The lowest BCUT2D eigenvalue weighted by Crippen LogP contribution is -2.26. The molecule has 4 nitrogen and oxygen atoms in total. The highest BCUT2D eigenvalue weighted by Crippen LogP contribution is 2.38. The number of allylic oxidation sites excluding steroid dienone is 1. The highest BCUT2D eigenvalue weighted by atomic mass is 16.5. The van der Waals surface area contributed by atoms with Crippen LogP contribution in [0.25, 0.3) is 11.1 Å². The van der Waals surface area contributed by atoms with Crippen LogP contribution >= 0.6 is 0 Å². The second kappa shape index (κ2) is 8.64. The first-order valence-electron chi connectivity index (χ1n) is 10.3. The Balaban J connectivity index is 1.66. The zero-order valence-electron chi connectivity index (χ0n) is 17.9. The Kier molecular flexibility index (Phi) is 5.77. The predicted molar refractivity (Wildman–Crippen MR) is 123 cm³/mol. The van der Waals surface area contributed by atoms with Crippen molar-refractivity contribution in [1.29, 1.82) is 0 Å². The fourth-order valence-corrected chi connectivity index (χ4v) is 3.87. The Morgan fingerprint density at radius 2 is 1.83 bits per heavy atom. The van der Waals surface area contributed by atoms with Gasteiger partial charge in [0, 0.05) is 24.2 Å². The molecule has 0 bridgehead atoms. The summed E-state index contributed by atoms with van der Waals surface area (Å²) in [7, 11) is 6.09. The lowest BCUT2D eigenvalue weighted by molar-refractivity contribution is 0.135. The lowest BCUT2D eigenvalue weighted by atomic mass is 9.99. The number of benzene rings is 2. The number of hydrogen-bond donors (Lipinski definition) is 2. The standard InChI is InChI=1S/C26H29N3O/c1-18(27-2)24-25(20-14-16-21(17-15-20)29(3)4)30-26(28-24)23-13-9-8-12-22(23)19-10-6-5-7-11-19/h5-16,21,26-28H,1,17H2,2-4H3. The quantitative estimate of drug-likeness (QED) is 0.736. The van der Waals surface area contributed by atoms with Crippen LogP contribution in [0.1, 0.15) is 18.2 Å². The molecule has 1 aliphatic carbocycles. The highest BCUT2D eigenvalue weighted by Gasteiger charge is 2.31. The van der Waals surface area contributed by atoms with Gasteiger partial charge in [-0.15, -0.1) is 0 Å². The van der Waals surface area contributed by atoms with Crippen molar-refractivity contribution in [2.24, 2.45) is 0 Å². The molecule has 2 aromatic carbocycles. The minimum absolute atomic E-state index is 0.280. The van der Waals surface area contributed by atoms with E-state index in [-0.39, 0.29) is 6.23 Å². The van der Waals surface area contributed by atoms with Crippen LogP contribution in [0.15, 0.2) is 102 Å². The van der Waals surface area contributed by atoms with E-state index >= 15 is 0 Å². The first kappa shape index (κ1) is 20.0. The third-order valence-electron chi connectivity index (χ3n) is 5.67. The van der Waals surface area contributed by atoms with Crippen LogP contribution in [0, 0.1) is 0 Å². The summed E-state index contributed by atoms with van der Waals surface area (Å²) in [6.07, 6.45) is 7.31. The molecular weight excluding hydrogens is 370 g/mol.